The maximum absolute atomic E-state index is 13.0. The Hall–Kier alpha value is -0.980. The zero-order valence-corrected chi connectivity index (χ0v) is 13.3. The average molecular weight is 334 g/mol. The van der Waals surface area contributed by atoms with Gasteiger partial charge in [0, 0.05) is 25.1 Å². The summed E-state index contributed by atoms with van der Waals surface area (Å²) in [6.45, 7) is 0.851. The minimum Gasteiger partial charge on any atom is -0.294 e. The molecule has 0 bridgehead atoms. The predicted molar refractivity (Wildman–Crippen MR) is 79.5 cm³/mol. The van der Waals surface area contributed by atoms with Crippen molar-refractivity contribution in [3.63, 3.8) is 0 Å². The van der Waals surface area contributed by atoms with Crippen LogP contribution in [-0.4, -0.2) is 37.9 Å². The Morgan fingerprint density at radius 1 is 1.48 bits per heavy atom. The van der Waals surface area contributed by atoms with E-state index in [9.17, 15) is 17.6 Å². The molecule has 0 saturated carbocycles. The summed E-state index contributed by atoms with van der Waals surface area (Å²) in [5.41, 5.74) is 0.287. The standard InChI is InChI=1S/C14H17ClFNO3S/c1-21(19,20)17-6-2-3-10(9-17)7-14(18)12-5-4-11(16)8-13(12)15/h4-5,8,10H,2-3,6-7,9H2,1H3. The van der Waals surface area contributed by atoms with E-state index >= 15 is 0 Å². The molecule has 0 aliphatic carbocycles. The highest BCUT2D eigenvalue weighted by Crippen LogP contribution is 2.25. The van der Waals surface area contributed by atoms with Gasteiger partial charge in [0.25, 0.3) is 0 Å². The van der Waals surface area contributed by atoms with E-state index in [4.69, 9.17) is 11.6 Å². The molecule has 116 valence electrons. The van der Waals surface area contributed by atoms with Crippen LogP contribution in [0.15, 0.2) is 18.2 Å². The number of carbonyl (C=O) groups excluding carboxylic acids is 1. The summed E-state index contributed by atoms with van der Waals surface area (Å²) < 4.78 is 37.5. The first-order valence-corrected chi connectivity index (χ1v) is 8.93. The molecule has 4 nitrogen and oxygen atoms in total. The van der Waals surface area contributed by atoms with Gasteiger partial charge in [-0.05, 0) is 37.0 Å². The third-order valence-corrected chi connectivity index (χ3v) is 5.24. The first-order valence-electron chi connectivity index (χ1n) is 6.71. The summed E-state index contributed by atoms with van der Waals surface area (Å²) in [4.78, 5) is 12.2. The van der Waals surface area contributed by atoms with Crippen molar-refractivity contribution >= 4 is 27.4 Å². The summed E-state index contributed by atoms with van der Waals surface area (Å²) in [6.07, 6.45) is 2.93. The first-order chi connectivity index (χ1) is 9.77. The second-order valence-electron chi connectivity index (χ2n) is 5.38. The normalized spacial score (nSPS) is 20.4. The minimum absolute atomic E-state index is 0.0258. The number of Topliss-reactive ketones (excluding diaryl/α,β-unsaturated/α-hetero) is 1. The van der Waals surface area contributed by atoms with Crippen molar-refractivity contribution in [3.8, 4) is 0 Å². The third kappa shape index (κ3) is 4.25. The van der Waals surface area contributed by atoms with E-state index in [0.29, 0.717) is 13.1 Å². The van der Waals surface area contributed by atoms with Crippen molar-refractivity contribution in [2.45, 2.75) is 19.3 Å². The topological polar surface area (TPSA) is 54.5 Å². The molecular weight excluding hydrogens is 317 g/mol. The molecule has 0 N–H and O–H groups in total. The number of hydrogen-bond donors (Lipinski definition) is 0. The monoisotopic (exact) mass is 333 g/mol. The van der Waals surface area contributed by atoms with Gasteiger partial charge < -0.3 is 0 Å². The molecule has 1 aliphatic rings. The molecule has 1 aromatic carbocycles. The van der Waals surface area contributed by atoms with Gasteiger partial charge in [0.2, 0.25) is 10.0 Å². The van der Waals surface area contributed by atoms with Crippen molar-refractivity contribution in [1.82, 2.24) is 4.31 Å². The number of carbonyl (C=O) groups is 1. The van der Waals surface area contributed by atoms with Crippen LogP contribution in [0.2, 0.25) is 5.02 Å². The van der Waals surface area contributed by atoms with Crippen molar-refractivity contribution in [1.29, 1.82) is 0 Å². The molecule has 1 unspecified atom stereocenters. The lowest BCUT2D eigenvalue weighted by Crippen LogP contribution is -2.39. The van der Waals surface area contributed by atoms with E-state index in [1.165, 1.54) is 22.7 Å². The van der Waals surface area contributed by atoms with Crippen molar-refractivity contribution in [3.05, 3.63) is 34.6 Å². The molecule has 2 rings (SSSR count). The molecule has 21 heavy (non-hydrogen) atoms. The van der Waals surface area contributed by atoms with Gasteiger partial charge in [0.15, 0.2) is 5.78 Å². The van der Waals surface area contributed by atoms with E-state index in [1.807, 2.05) is 0 Å². The molecule has 0 amide bonds. The van der Waals surface area contributed by atoms with E-state index < -0.39 is 15.8 Å². The van der Waals surface area contributed by atoms with Gasteiger partial charge in [0.1, 0.15) is 5.82 Å². The molecule has 1 aromatic rings. The Morgan fingerprint density at radius 2 is 2.19 bits per heavy atom. The van der Waals surface area contributed by atoms with Crippen LogP contribution in [0.25, 0.3) is 0 Å². The van der Waals surface area contributed by atoms with E-state index in [-0.39, 0.29) is 28.7 Å². The van der Waals surface area contributed by atoms with Crippen LogP contribution in [0.4, 0.5) is 4.39 Å². The molecule has 1 saturated heterocycles. The molecule has 1 atom stereocenters. The second kappa shape index (κ2) is 6.42. The smallest absolute Gasteiger partial charge is 0.211 e. The zero-order valence-electron chi connectivity index (χ0n) is 11.7. The highest BCUT2D eigenvalue weighted by atomic mass is 35.5. The number of halogens is 2. The Labute approximate surface area is 128 Å². The number of nitrogens with zero attached hydrogens (tertiary/aromatic N) is 1. The summed E-state index contributed by atoms with van der Waals surface area (Å²) in [6, 6.07) is 3.68. The van der Waals surface area contributed by atoms with Gasteiger partial charge in [0.05, 0.1) is 11.3 Å². The number of ketones is 1. The molecule has 0 spiro atoms. The van der Waals surface area contributed by atoms with Gasteiger partial charge in [-0.3, -0.25) is 4.79 Å². The zero-order chi connectivity index (χ0) is 15.6. The Bertz CT molecular complexity index is 648. The molecule has 7 heteroatoms. The fourth-order valence-corrected chi connectivity index (χ4v) is 3.80. The Morgan fingerprint density at radius 3 is 2.81 bits per heavy atom. The number of benzene rings is 1. The highest BCUT2D eigenvalue weighted by Gasteiger charge is 2.27. The van der Waals surface area contributed by atoms with E-state index in [2.05, 4.69) is 0 Å². The van der Waals surface area contributed by atoms with Gasteiger partial charge in [-0.2, -0.15) is 0 Å². The van der Waals surface area contributed by atoms with Gasteiger partial charge in [-0.15, -0.1) is 0 Å². The van der Waals surface area contributed by atoms with Crippen molar-refractivity contribution in [2.75, 3.05) is 19.3 Å². The van der Waals surface area contributed by atoms with Crippen LogP contribution in [0, 0.1) is 11.7 Å². The lowest BCUT2D eigenvalue weighted by Gasteiger charge is -2.30. The van der Waals surface area contributed by atoms with Crippen LogP contribution in [0.5, 0.6) is 0 Å². The average Bonchev–Trinajstić information content (AvgIpc) is 2.37. The second-order valence-corrected chi connectivity index (χ2v) is 7.77. The van der Waals surface area contributed by atoms with Crippen LogP contribution < -0.4 is 0 Å². The molecule has 0 aromatic heterocycles. The largest absolute Gasteiger partial charge is 0.294 e. The van der Waals surface area contributed by atoms with Crippen molar-refractivity contribution < 1.29 is 17.6 Å². The van der Waals surface area contributed by atoms with Crippen LogP contribution >= 0.6 is 11.6 Å². The summed E-state index contributed by atoms with van der Waals surface area (Å²) in [5, 5.41) is 0.0933. The van der Waals surface area contributed by atoms with Crippen LogP contribution in [0.1, 0.15) is 29.6 Å². The lowest BCUT2D eigenvalue weighted by molar-refractivity contribution is 0.0942. The summed E-state index contributed by atoms with van der Waals surface area (Å²) in [5.74, 6) is -0.695. The number of piperidine rings is 1. The van der Waals surface area contributed by atoms with E-state index in [1.54, 1.807) is 0 Å². The molecular formula is C14H17ClFNO3S. The quantitative estimate of drug-likeness (QED) is 0.796. The molecule has 0 radical (unpaired) electrons. The Kier molecular flexibility index (Phi) is 5.01. The number of sulfonamides is 1. The van der Waals surface area contributed by atoms with Crippen molar-refractivity contribution in [2.24, 2.45) is 5.92 Å². The molecule has 1 heterocycles. The maximum Gasteiger partial charge on any atom is 0.211 e. The van der Waals surface area contributed by atoms with Crippen LogP contribution in [-0.2, 0) is 10.0 Å². The maximum atomic E-state index is 13.0. The molecule has 1 fully saturated rings. The van der Waals surface area contributed by atoms with Gasteiger partial charge >= 0.3 is 0 Å². The summed E-state index contributed by atoms with van der Waals surface area (Å²) >= 11 is 5.88. The minimum atomic E-state index is -3.23. The molecule has 1 aliphatic heterocycles. The fraction of sp³-hybridized carbons (Fsp3) is 0.500. The lowest BCUT2D eigenvalue weighted by atomic mass is 9.92. The van der Waals surface area contributed by atoms with Gasteiger partial charge in [-0.1, -0.05) is 11.6 Å². The predicted octanol–water partition coefficient (Wildman–Crippen LogP) is 2.72. The van der Waals surface area contributed by atoms with Crippen LogP contribution in [0.3, 0.4) is 0 Å². The highest BCUT2D eigenvalue weighted by molar-refractivity contribution is 7.88. The van der Waals surface area contributed by atoms with Gasteiger partial charge in [-0.25, -0.2) is 17.1 Å². The third-order valence-electron chi connectivity index (χ3n) is 3.66. The van der Waals surface area contributed by atoms with E-state index in [0.717, 1.165) is 18.9 Å². The fourth-order valence-electron chi connectivity index (χ4n) is 2.58. The Balaban J connectivity index is 2.05. The summed E-state index contributed by atoms with van der Waals surface area (Å²) in [7, 11) is -3.23. The first kappa shape index (κ1) is 16.4. The SMILES string of the molecule is CS(=O)(=O)N1CCCC(CC(=O)c2ccc(F)cc2Cl)C1. The number of hydrogen-bond acceptors (Lipinski definition) is 3. The number of rotatable bonds is 4.